The summed E-state index contributed by atoms with van der Waals surface area (Å²) in [4.78, 5) is 25.0. The van der Waals surface area contributed by atoms with Gasteiger partial charge in [-0.05, 0) is 37.5 Å². The molecule has 2 atom stereocenters. The van der Waals surface area contributed by atoms with Gasteiger partial charge in [-0.1, -0.05) is 42.5 Å². The second kappa shape index (κ2) is 11.6. The van der Waals surface area contributed by atoms with Crippen molar-refractivity contribution in [1.29, 1.82) is 0 Å². The predicted molar refractivity (Wildman–Crippen MR) is 116 cm³/mol. The van der Waals surface area contributed by atoms with Crippen LogP contribution in [0.25, 0.3) is 0 Å². The number of rotatable bonds is 8. The van der Waals surface area contributed by atoms with Gasteiger partial charge >= 0.3 is 0 Å². The molecule has 1 saturated heterocycles. The number of nitrogens with one attached hydrogen (secondary N) is 3. The molecule has 1 fully saturated rings. The van der Waals surface area contributed by atoms with E-state index in [0.717, 1.165) is 25.0 Å². The molecule has 1 aliphatic heterocycles. The highest BCUT2D eigenvalue weighted by Crippen LogP contribution is 2.18. The van der Waals surface area contributed by atoms with Gasteiger partial charge in [0.15, 0.2) is 0 Å². The highest BCUT2D eigenvalue weighted by molar-refractivity contribution is 6.04. The number of ether oxygens (including phenoxy) is 1. The molecule has 0 aliphatic carbocycles. The first-order valence-electron chi connectivity index (χ1n) is 9.70. The number of carbonyl (C=O) groups excluding carboxylic acids is 2. The van der Waals surface area contributed by atoms with E-state index < -0.39 is 0 Å². The van der Waals surface area contributed by atoms with Crippen LogP contribution in [0.5, 0.6) is 0 Å². The Hall–Kier alpha value is -2.41. The Balaban J connectivity index is 0.00000300. The van der Waals surface area contributed by atoms with Gasteiger partial charge in [0.1, 0.15) is 0 Å². The lowest BCUT2D eigenvalue weighted by molar-refractivity contribution is -0.115. The van der Waals surface area contributed by atoms with Crippen molar-refractivity contribution in [3.8, 4) is 0 Å². The van der Waals surface area contributed by atoms with Gasteiger partial charge in [0.05, 0.1) is 29.9 Å². The number of hydrogen-bond donors (Lipinski definition) is 3. The average molecular weight is 418 g/mol. The van der Waals surface area contributed by atoms with Crippen molar-refractivity contribution in [3.63, 3.8) is 0 Å². The van der Waals surface area contributed by atoms with Gasteiger partial charge in [-0.15, -0.1) is 12.4 Å². The highest BCUT2D eigenvalue weighted by atomic mass is 35.5. The van der Waals surface area contributed by atoms with Crippen molar-refractivity contribution < 1.29 is 14.3 Å². The zero-order chi connectivity index (χ0) is 19.8. The second-order valence-electron chi connectivity index (χ2n) is 6.97. The third-order valence-electron chi connectivity index (χ3n) is 4.77. The lowest BCUT2D eigenvalue weighted by Gasteiger charge is -2.16. The maximum absolute atomic E-state index is 12.7. The Morgan fingerprint density at radius 3 is 2.55 bits per heavy atom. The first-order valence-corrected chi connectivity index (χ1v) is 9.70. The minimum atomic E-state index is -0.223. The molecule has 0 spiro atoms. The van der Waals surface area contributed by atoms with Crippen molar-refractivity contribution in [2.75, 3.05) is 25.0 Å². The first kappa shape index (κ1) is 22.9. The molecule has 0 radical (unpaired) electrons. The summed E-state index contributed by atoms with van der Waals surface area (Å²) in [5.74, 6) is -0.408. The van der Waals surface area contributed by atoms with E-state index in [2.05, 4.69) is 16.0 Å². The van der Waals surface area contributed by atoms with Crippen LogP contribution in [0.1, 0.15) is 41.7 Å². The van der Waals surface area contributed by atoms with Crippen LogP contribution < -0.4 is 16.0 Å². The third kappa shape index (κ3) is 6.85. The zero-order valence-electron chi connectivity index (χ0n) is 16.5. The van der Waals surface area contributed by atoms with Crippen LogP contribution in [0.2, 0.25) is 0 Å². The molecule has 2 unspecified atom stereocenters. The standard InChI is InChI=1S/C22H27N3O3.ClH/c1-16(17-8-3-2-4-9-17)24-22(27)19-11-5-6-12-20(19)25-21(26)15-23-14-18-10-7-13-28-18;/h2-6,8-9,11-12,16,18,23H,7,10,13-15H2,1H3,(H,24,27)(H,25,26);1H. The number of hydrogen-bond acceptors (Lipinski definition) is 4. The fraction of sp³-hybridized carbons (Fsp3) is 0.364. The van der Waals surface area contributed by atoms with Gasteiger partial charge in [-0.3, -0.25) is 9.59 Å². The molecule has 156 valence electrons. The lowest BCUT2D eigenvalue weighted by atomic mass is 10.1. The summed E-state index contributed by atoms with van der Waals surface area (Å²) >= 11 is 0. The van der Waals surface area contributed by atoms with E-state index in [0.29, 0.717) is 17.8 Å². The Morgan fingerprint density at radius 2 is 1.83 bits per heavy atom. The lowest BCUT2D eigenvalue weighted by Crippen LogP contribution is -2.34. The van der Waals surface area contributed by atoms with Gasteiger partial charge in [0.2, 0.25) is 5.91 Å². The fourth-order valence-electron chi connectivity index (χ4n) is 3.24. The van der Waals surface area contributed by atoms with Crippen LogP contribution in [0, 0.1) is 0 Å². The molecule has 2 amide bonds. The number of para-hydroxylation sites is 1. The van der Waals surface area contributed by atoms with Crippen LogP contribution in [-0.4, -0.2) is 37.6 Å². The van der Waals surface area contributed by atoms with E-state index >= 15 is 0 Å². The summed E-state index contributed by atoms with van der Waals surface area (Å²) in [6.07, 6.45) is 2.28. The minimum absolute atomic E-state index is 0. The number of halogens is 1. The molecule has 3 N–H and O–H groups in total. The zero-order valence-corrected chi connectivity index (χ0v) is 17.3. The molecule has 6 nitrogen and oxygen atoms in total. The SMILES string of the molecule is CC(NC(=O)c1ccccc1NC(=O)CNCC1CCCO1)c1ccccc1.Cl. The Kier molecular flexibility index (Phi) is 9.12. The van der Waals surface area contributed by atoms with Crippen LogP contribution in [0.15, 0.2) is 54.6 Å². The van der Waals surface area contributed by atoms with Gasteiger partial charge < -0.3 is 20.7 Å². The van der Waals surface area contributed by atoms with Crippen molar-refractivity contribution >= 4 is 29.9 Å². The van der Waals surface area contributed by atoms with E-state index in [1.165, 1.54) is 0 Å². The highest BCUT2D eigenvalue weighted by Gasteiger charge is 2.17. The minimum Gasteiger partial charge on any atom is -0.377 e. The summed E-state index contributed by atoms with van der Waals surface area (Å²) in [5.41, 5.74) is 1.97. The Morgan fingerprint density at radius 1 is 1.10 bits per heavy atom. The molecule has 7 heteroatoms. The summed E-state index contributed by atoms with van der Waals surface area (Å²) < 4.78 is 5.53. The van der Waals surface area contributed by atoms with Crippen LogP contribution in [0.3, 0.4) is 0 Å². The monoisotopic (exact) mass is 417 g/mol. The van der Waals surface area contributed by atoms with Crippen molar-refractivity contribution in [2.24, 2.45) is 0 Å². The van der Waals surface area contributed by atoms with E-state index in [-0.39, 0.29) is 42.9 Å². The van der Waals surface area contributed by atoms with Gasteiger partial charge in [-0.2, -0.15) is 0 Å². The quantitative estimate of drug-likeness (QED) is 0.615. The van der Waals surface area contributed by atoms with Crippen molar-refractivity contribution in [3.05, 3.63) is 65.7 Å². The van der Waals surface area contributed by atoms with Gasteiger partial charge in [-0.25, -0.2) is 0 Å². The third-order valence-corrected chi connectivity index (χ3v) is 4.77. The summed E-state index contributed by atoms with van der Waals surface area (Å²) in [6, 6.07) is 16.7. The molecule has 2 aromatic rings. The molecule has 0 bridgehead atoms. The van der Waals surface area contributed by atoms with Gasteiger partial charge in [0.25, 0.3) is 5.91 Å². The van der Waals surface area contributed by atoms with Crippen molar-refractivity contribution in [2.45, 2.75) is 31.9 Å². The number of benzene rings is 2. The van der Waals surface area contributed by atoms with E-state index in [1.54, 1.807) is 24.3 Å². The summed E-state index contributed by atoms with van der Waals surface area (Å²) in [5, 5.41) is 8.92. The van der Waals surface area contributed by atoms with Crippen LogP contribution >= 0.6 is 12.4 Å². The first-order chi connectivity index (χ1) is 13.6. The number of anilines is 1. The maximum atomic E-state index is 12.7. The van der Waals surface area contributed by atoms with Crippen LogP contribution in [0.4, 0.5) is 5.69 Å². The predicted octanol–water partition coefficient (Wildman–Crippen LogP) is 3.31. The average Bonchev–Trinajstić information content (AvgIpc) is 3.22. The second-order valence-corrected chi connectivity index (χ2v) is 6.97. The molecule has 3 rings (SSSR count). The Bertz CT molecular complexity index is 795. The van der Waals surface area contributed by atoms with Crippen LogP contribution in [-0.2, 0) is 9.53 Å². The molecular weight excluding hydrogens is 390 g/mol. The van der Waals surface area contributed by atoms with Gasteiger partial charge in [0, 0.05) is 13.2 Å². The van der Waals surface area contributed by atoms with E-state index in [9.17, 15) is 9.59 Å². The molecule has 29 heavy (non-hydrogen) atoms. The summed E-state index contributed by atoms with van der Waals surface area (Å²) in [7, 11) is 0. The molecule has 1 aliphatic rings. The molecule has 0 saturated carbocycles. The number of carbonyl (C=O) groups is 2. The molecule has 0 aromatic heterocycles. The topological polar surface area (TPSA) is 79.5 Å². The molecular formula is C22H28ClN3O3. The van der Waals surface area contributed by atoms with E-state index in [1.807, 2.05) is 37.3 Å². The maximum Gasteiger partial charge on any atom is 0.253 e. The number of amides is 2. The molecule has 2 aromatic carbocycles. The van der Waals surface area contributed by atoms with E-state index in [4.69, 9.17) is 4.74 Å². The largest absolute Gasteiger partial charge is 0.377 e. The Labute approximate surface area is 177 Å². The molecule has 1 heterocycles. The van der Waals surface area contributed by atoms with Crippen molar-refractivity contribution in [1.82, 2.24) is 10.6 Å². The fourth-order valence-corrected chi connectivity index (χ4v) is 3.24. The smallest absolute Gasteiger partial charge is 0.253 e. The summed E-state index contributed by atoms with van der Waals surface area (Å²) in [6.45, 7) is 3.56. The normalized spacial score (nSPS) is 16.5.